The zero-order chi connectivity index (χ0) is 21.3. The summed E-state index contributed by atoms with van der Waals surface area (Å²) in [4.78, 5) is 21.2. The van der Waals surface area contributed by atoms with Crippen LogP contribution in [-0.4, -0.2) is 75.4 Å². The van der Waals surface area contributed by atoms with Crippen LogP contribution >= 0.6 is 0 Å². The van der Waals surface area contributed by atoms with E-state index in [0.29, 0.717) is 6.04 Å². The Morgan fingerprint density at radius 2 is 1.97 bits per heavy atom. The number of nitrogens with zero attached hydrogens (tertiary/aromatic N) is 7. The monoisotopic (exact) mass is 413 g/mol. The largest absolute Gasteiger partial charge is 0.393 e. The quantitative estimate of drug-likeness (QED) is 0.773. The van der Waals surface area contributed by atoms with E-state index in [2.05, 4.69) is 39.4 Å². The second kappa shape index (κ2) is 8.89. The third-order valence-corrected chi connectivity index (χ3v) is 6.42. The summed E-state index contributed by atoms with van der Waals surface area (Å²) in [6, 6.07) is 0.405. The van der Waals surface area contributed by atoms with Crippen LogP contribution in [-0.2, 0) is 25.9 Å². The highest BCUT2D eigenvalue weighted by Gasteiger charge is 2.29. The lowest BCUT2D eigenvalue weighted by atomic mass is 10.0. The van der Waals surface area contributed by atoms with Crippen molar-refractivity contribution < 1.29 is 5.11 Å². The van der Waals surface area contributed by atoms with Crippen LogP contribution in [0.25, 0.3) is 0 Å². The number of piperidine rings is 1. The van der Waals surface area contributed by atoms with Crippen LogP contribution in [0.2, 0.25) is 0 Å². The molecule has 4 heterocycles. The highest BCUT2D eigenvalue weighted by molar-refractivity contribution is 5.54. The van der Waals surface area contributed by atoms with Gasteiger partial charge in [-0.15, -0.1) is 0 Å². The number of hydrogen-bond acceptors (Lipinski definition) is 7. The standard InChI is InChI=1S/C22H35N7O/c1-5-20-23-9-13-29(20)14-16(2)28-12-8-19-18(15-28)21(25-22(24-19)26(3)4)27-10-6-17(30)7-11-27/h9,13,16-17,30H,5-8,10-12,14-15H2,1-4H3. The lowest BCUT2D eigenvalue weighted by molar-refractivity contribution is 0.144. The summed E-state index contributed by atoms with van der Waals surface area (Å²) < 4.78 is 2.28. The molecule has 0 bridgehead atoms. The molecule has 2 aromatic heterocycles. The fourth-order valence-electron chi connectivity index (χ4n) is 4.54. The Kier molecular flexibility index (Phi) is 6.24. The first-order valence-corrected chi connectivity index (χ1v) is 11.2. The van der Waals surface area contributed by atoms with Crippen molar-refractivity contribution in [1.82, 2.24) is 24.4 Å². The Hall–Kier alpha value is -2.19. The van der Waals surface area contributed by atoms with Crippen LogP contribution < -0.4 is 9.80 Å². The summed E-state index contributed by atoms with van der Waals surface area (Å²) in [5.74, 6) is 2.98. The number of aliphatic hydroxyl groups is 1. The summed E-state index contributed by atoms with van der Waals surface area (Å²) >= 11 is 0. The Labute approximate surface area is 179 Å². The number of rotatable bonds is 6. The van der Waals surface area contributed by atoms with Crippen LogP contribution in [0, 0.1) is 0 Å². The van der Waals surface area contributed by atoms with E-state index in [1.165, 1.54) is 11.3 Å². The average molecular weight is 414 g/mol. The predicted octanol–water partition coefficient (Wildman–Crippen LogP) is 1.71. The maximum absolute atomic E-state index is 9.95. The van der Waals surface area contributed by atoms with E-state index in [4.69, 9.17) is 9.97 Å². The number of aryl methyl sites for hydroxylation is 1. The molecule has 1 atom stereocenters. The average Bonchev–Trinajstić information content (AvgIpc) is 3.20. The summed E-state index contributed by atoms with van der Waals surface area (Å²) in [6.45, 7) is 8.98. The first-order valence-electron chi connectivity index (χ1n) is 11.2. The van der Waals surface area contributed by atoms with Crippen molar-refractivity contribution in [2.45, 2.75) is 64.8 Å². The third kappa shape index (κ3) is 4.30. The van der Waals surface area contributed by atoms with Crippen molar-refractivity contribution >= 4 is 11.8 Å². The molecule has 1 fully saturated rings. The molecule has 2 aliphatic heterocycles. The number of hydrogen-bond donors (Lipinski definition) is 1. The van der Waals surface area contributed by atoms with Gasteiger partial charge in [-0.2, -0.15) is 4.98 Å². The lowest BCUT2D eigenvalue weighted by Gasteiger charge is -2.38. The van der Waals surface area contributed by atoms with Gasteiger partial charge >= 0.3 is 0 Å². The molecule has 30 heavy (non-hydrogen) atoms. The third-order valence-electron chi connectivity index (χ3n) is 6.42. The molecule has 2 aliphatic rings. The van der Waals surface area contributed by atoms with Crippen molar-refractivity contribution in [2.75, 3.05) is 43.5 Å². The normalized spacial score (nSPS) is 19.0. The molecule has 0 spiro atoms. The van der Waals surface area contributed by atoms with Crippen LogP contribution in [0.4, 0.5) is 11.8 Å². The Morgan fingerprint density at radius 1 is 1.20 bits per heavy atom. The molecular formula is C22H35N7O. The van der Waals surface area contributed by atoms with E-state index in [1.807, 2.05) is 25.2 Å². The molecule has 1 N–H and O–H groups in total. The van der Waals surface area contributed by atoms with Crippen LogP contribution in [0.1, 0.15) is 43.8 Å². The molecule has 0 amide bonds. The minimum atomic E-state index is -0.188. The van der Waals surface area contributed by atoms with Gasteiger partial charge in [0, 0.05) is 83.7 Å². The number of anilines is 2. The van der Waals surface area contributed by atoms with Gasteiger partial charge < -0.3 is 19.5 Å². The molecule has 0 radical (unpaired) electrons. The molecule has 8 nitrogen and oxygen atoms in total. The predicted molar refractivity (Wildman–Crippen MR) is 119 cm³/mol. The van der Waals surface area contributed by atoms with Crippen molar-refractivity contribution in [3.05, 3.63) is 29.5 Å². The molecule has 1 saturated heterocycles. The molecule has 164 valence electrons. The van der Waals surface area contributed by atoms with Crippen molar-refractivity contribution in [3.63, 3.8) is 0 Å². The van der Waals surface area contributed by atoms with Gasteiger partial charge in [-0.05, 0) is 19.8 Å². The first-order chi connectivity index (χ1) is 14.5. The minimum Gasteiger partial charge on any atom is -0.393 e. The Bertz CT molecular complexity index is 857. The molecule has 0 saturated carbocycles. The van der Waals surface area contributed by atoms with Gasteiger partial charge in [0.05, 0.1) is 11.8 Å². The molecule has 1 unspecified atom stereocenters. The number of aromatic nitrogens is 4. The summed E-state index contributed by atoms with van der Waals surface area (Å²) in [5.41, 5.74) is 2.44. The van der Waals surface area contributed by atoms with E-state index in [-0.39, 0.29) is 6.10 Å². The smallest absolute Gasteiger partial charge is 0.227 e. The molecule has 8 heteroatoms. The Balaban J connectivity index is 1.58. The van der Waals surface area contributed by atoms with Crippen LogP contribution in [0.5, 0.6) is 0 Å². The van der Waals surface area contributed by atoms with E-state index >= 15 is 0 Å². The molecule has 2 aromatic rings. The van der Waals surface area contributed by atoms with E-state index in [9.17, 15) is 5.11 Å². The zero-order valence-electron chi connectivity index (χ0n) is 18.8. The number of aliphatic hydroxyl groups excluding tert-OH is 1. The molecular weight excluding hydrogens is 378 g/mol. The number of imidazole rings is 1. The second-order valence-corrected chi connectivity index (χ2v) is 8.80. The van der Waals surface area contributed by atoms with Gasteiger partial charge in [-0.3, -0.25) is 4.90 Å². The van der Waals surface area contributed by atoms with E-state index in [1.54, 1.807) is 0 Å². The van der Waals surface area contributed by atoms with Crippen molar-refractivity contribution in [1.29, 1.82) is 0 Å². The van der Waals surface area contributed by atoms with E-state index < -0.39 is 0 Å². The van der Waals surface area contributed by atoms with E-state index in [0.717, 1.165) is 76.0 Å². The maximum Gasteiger partial charge on any atom is 0.227 e. The van der Waals surface area contributed by atoms with Crippen molar-refractivity contribution in [3.8, 4) is 0 Å². The highest BCUT2D eigenvalue weighted by Crippen LogP contribution is 2.31. The first kappa shape index (κ1) is 21.1. The summed E-state index contributed by atoms with van der Waals surface area (Å²) in [5, 5.41) is 9.95. The zero-order valence-corrected chi connectivity index (χ0v) is 18.8. The summed E-state index contributed by atoms with van der Waals surface area (Å²) in [7, 11) is 4.00. The topological polar surface area (TPSA) is 73.6 Å². The fraction of sp³-hybridized carbons (Fsp3) is 0.682. The van der Waals surface area contributed by atoms with Gasteiger partial charge in [-0.25, -0.2) is 9.97 Å². The van der Waals surface area contributed by atoms with Gasteiger partial charge in [0.25, 0.3) is 0 Å². The lowest BCUT2D eigenvalue weighted by Crippen LogP contribution is -2.43. The van der Waals surface area contributed by atoms with Crippen LogP contribution in [0.3, 0.4) is 0 Å². The minimum absolute atomic E-state index is 0.188. The van der Waals surface area contributed by atoms with Gasteiger partial charge in [0.2, 0.25) is 5.95 Å². The maximum atomic E-state index is 9.95. The molecule has 0 aromatic carbocycles. The molecule has 0 aliphatic carbocycles. The van der Waals surface area contributed by atoms with Gasteiger partial charge in [0.1, 0.15) is 11.6 Å². The fourth-order valence-corrected chi connectivity index (χ4v) is 4.54. The van der Waals surface area contributed by atoms with Crippen LogP contribution in [0.15, 0.2) is 12.4 Å². The second-order valence-electron chi connectivity index (χ2n) is 8.80. The Morgan fingerprint density at radius 3 is 2.67 bits per heavy atom. The molecule has 4 rings (SSSR count). The SMILES string of the molecule is CCc1nccn1CC(C)N1CCc2nc(N(C)C)nc(N3CCC(O)CC3)c2C1. The van der Waals surface area contributed by atoms with Gasteiger partial charge in [-0.1, -0.05) is 6.92 Å². The summed E-state index contributed by atoms with van der Waals surface area (Å²) in [6.07, 6.45) is 7.30. The highest BCUT2D eigenvalue weighted by atomic mass is 16.3. The number of fused-ring (bicyclic) bond motifs is 1. The van der Waals surface area contributed by atoms with Crippen molar-refractivity contribution in [2.24, 2.45) is 0 Å². The van der Waals surface area contributed by atoms with Gasteiger partial charge in [0.15, 0.2) is 0 Å².